The van der Waals surface area contributed by atoms with E-state index in [1.165, 1.54) is 0 Å². The summed E-state index contributed by atoms with van der Waals surface area (Å²) in [5.74, 6) is 0. The number of aliphatic hydroxyl groups excluding tert-OH is 5. The summed E-state index contributed by atoms with van der Waals surface area (Å²) in [6.07, 6.45) is -6.84. The maximum Gasteiger partial charge on any atom is 0.151 e. The molecule has 9 heteroatoms. The lowest BCUT2D eigenvalue weighted by molar-refractivity contribution is -0.136. The normalized spacial score (nSPS) is 16.9. The van der Waals surface area contributed by atoms with E-state index in [0.29, 0.717) is 0 Å². The molecule has 5 N–H and O–H groups in total. The van der Waals surface area contributed by atoms with Crippen LogP contribution in [0.4, 0.5) is 14.1 Å². The molecule has 0 aromatic rings. The largest absolute Gasteiger partial charge is 0.394 e. The van der Waals surface area contributed by atoms with Crippen molar-refractivity contribution in [1.82, 2.24) is 0 Å². The molecule has 0 heterocycles. The van der Waals surface area contributed by atoms with Gasteiger partial charge in [-0.15, -0.1) is 0 Å². The molecule has 0 amide bonds. The Kier molecular flexibility index (Phi) is 18.0. The number of aldehydes is 1. The van der Waals surface area contributed by atoms with E-state index in [-0.39, 0.29) is 20.4 Å². The van der Waals surface area contributed by atoms with E-state index < -0.39 is 31.0 Å². The van der Waals surface area contributed by atoms with Gasteiger partial charge in [-0.3, -0.25) is 14.1 Å². The van der Waals surface area contributed by atoms with Gasteiger partial charge in [-0.1, -0.05) is 0 Å². The predicted octanol–water partition coefficient (Wildman–Crippen LogP) is -2.92. The van der Waals surface area contributed by atoms with Crippen LogP contribution in [0.3, 0.4) is 0 Å². The highest BCUT2D eigenvalue weighted by molar-refractivity contribution is 5.56. The molecule has 15 heavy (non-hydrogen) atoms. The van der Waals surface area contributed by atoms with E-state index in [2.05, 4.69) is 0 Å². The lowest BCUT2D eigenvalue weighted by Gasteiger charge is -2.22. The summed E-state index contributed by atoms with van der Waals surface area (Å²) >= 11 is 0. The number of carbonyl (C=O) groups is 1. The first-order valence-corrected chi connectivity index (χ1v) is 3.33. The Bertz CT molecular complexity index is 149. The summed E-state index contributed by atoms with van der Waals surface area (Å²) in [5.41, 5.74) is 0. The smallest absolute Gasteiger partial charge is 0.151 e. The topological polar surface area (TPSA) is 118 Å². The van der Waals surface area contributed by atoms with Crippen molar-refractivity contribution in [2.45, 2.75) is 24.4 Å². The van der Waals surface area contributed by atoms with Crippen molar-refractivity contribution in [3.05, 3.63) is 0 Å². The van der Waals surface area contributed by atoms with Crippen LogP contribution >= 0.6 is 0 Å². The van der Waals surface area contributed by atoms with Crippen LogP contribution in [0.25, 0.3) is 0 Å². The zero-order chi connectivity index (χ0) is 9.72. The number of aliphatic hydroxyl groups is 5. The molecule has 0 spiro atoms. The second-order valence-corrected chi connectivity index (χ2v) is 2.36. The van der Waals surface area contributed by atoms with Gasteiger partial charge >= 0.3 is 0 Å². The van der Waals surface area contributed by atoms with E-state index in [4.69, 9.17) is 25.5 Å². The summed E-state index contributed by atoms with van der Waals surface area (Å²) in [5, 5.41) is 43.5. The van der Waals surface area contributed by atoms with Crippen molar-refractivity contribution in [2.75, 3.05) is 6.61 Å². The highest BCUT2D eigenvalue weighted by Gasteiger charge is 2.29. The van der Waals surface area contributed by atoms with E-state index >= 15 is 0 Å². The van der Waals surface area contributed by atoms with Gasteiger partial charge in [-0.2, -0.15) is 0 Å². The molecular formula is C6H15F3O6. The van der Waals surface area contributed by atoms with Crippen molar-refractivity contribution in [1.29, 1.82) is 0 Å². The van der Waals surface area contributed by atoms with Crippen molar-refractivity contribution in [3.8, 4) is 0 Å². The van der Waals surface area contributed by atoms with Crippen LogP contribution in [0.2, 0.25) is 0 Å². The molecule has 0 aromatic carbocycles. The van der Waals surface area contributed by atoms with Crippen LogP contribution in [0.15, 0.2) is 0 Å². The Morgan fingerprint density at radius 2 is 1.33 bits per heavy atom. The standard InChI is InChI=1S/C6H12O6.3FH/c7-1-3(9)5(11)6(12)4(10)2-8;;;/h1,3-6,8-12H,2H2;3*1H. The molecule has 0 aliphatic carbocycles. The second-order valence-electron chi connectivity index (χ2n) is 2.36. The van der Waals surface area contributed by atoms with Gasteiger partial charge in [0.1, 0.15) is 24.4 Å². The van der Waals surface area contributed by atoms with Gasteiger partial charge in [0.25, 0.3) is 0 Å². The van der Waals surface area contributed by atoms with Crippen LogP contribution < -0.4 is 0 Å². The molecule has 0 aliphatic rings. The predicted molar refractivity (Wildman–Crippen MR) is 44.7 cm³/mol. The van der Waals surface area contributed by atoms with E-state index in [9.17, 15) is 4.79 Å². The zero-order valence-corrected chi connectivity index (χ0v) is 7.46. The molecule has 4 atom stereocenters. The highest BCUT2D eigenvalue weighted by atomic mass is 19.0. The Hall–Kier alpha value is -0.740. The first-order chi connectivity index (χ1) is 5.54. The van der Waals surface area contributed by atoms with Crippen LogP contribution in [0.5, 0.6) is 0 Å². The number of carbonyl (C=O) groups excluding carboxylic acids is 1. The minimum atomic E-state index is -1.79. The number of halogens is 3. The Morgan fingerprint density at radius 3 is 1.60 bits per heavy atom. The quantitative estimate of drug-likeness (QED) is 0.328. The van der Waals surface area contributed by atoms with Crippen molar-refractivity contribution in [2.24, 2.45) is 0 Å². The third kappa shape index (κ3) is 7.22. The Labute approximate surface area is 82.9 Å². The number of rotatable bonds is 5. The van der Waals surface area contributed by atoms with Gasteiger partial charge in [0, 0.05) is 0 Å². The first kappa shape index (κ1) is 23.8. The second kappa shape index (κ2) is 11.3. The fourth-order valence-electron chi connectivity index (χ4n) is 0.618. The molecule has 0 radical (unpaired) electrons. The maximum atomic E-state index is 9.90. The third-order valence-corrected chi connectivity index (χ3v) is 1.42. The average Bonchev–Trinajstić information content (AvgIpc) is 2.12. The van der Waals surface area contributed by atoms with Crippen molar-refractivity contribution >= 4 is 6.29 Å². The van der Waals surface area contributed by atoms with Gasteiger partial charge in [0.05, 0.1) is 6.61 Å². The monoisotopic (exact) mass is 240 g/mol. The van der Waals surface area contributed by atoms with E-state index in [1.54, 1.807) is 0 Å². The van der Waals surface area contributed by atoms with E-state index in [1.807, 2.05) is 0 Å². The molecule has 0 aromatic heterocycles. The molecule has 0 fully saturated rings. The fourth-order valence-corrected chi connectivity index (χ4v) is 0.618. The van der Waals surface area contributed by atoms with Gasteiger partial charge in [-0.25, -0.2) is 0 Å². The highest BCUT2D eigenvalue weighted by Crippen LogP contribution is 2.02. The molecule has 0 rings (SSSR count). The molecule has 4 unspecified atom stereocenters. The van der Waals surface area contributed by atoms with Crippen LogP contribution in [0.1, 0.15) is 0 Å². The molecule has 0 bridgehead atoms. The van der Waals surface area contributed by atoms with Crippen molar-refractivity contribution < 1.29 is 44.4 Å². The first-order valence-electron chi connectivity index (χ1n) is 3.33. The van der Waals surface area contributed by atoms with E-state index in [0.717, 1.165) is 0 Å². The van der Waals surface area contributed by atoms with Crippen LogP contribution in [-0.2, 0) is 4.79 Å². The number of hydrogen-bond donors (Lipinski definition) is 5. The lowest BCUT2D eigenvalue weighted by atomic mass is 10.0. The number of hydrogen-bond acceptors (Lipinski definition) is 6. The molecule has 0 aliphatic heterocycles. The lowest BCUT2D eigenvalue weighted by Crippen LogP contribution is -2.46. The molecule has 96 valence electrons. The minimum absolute atomic E-state index is 0. The summed E-state index contributed by atoms with van der Waals surface area (Å²) < 4.78 is 0. The SMILES string of the molecule is F.F.F.O=CC(O)C(O)C(O)C(O)CO. The molecule has 0 saturated carbocycles. The van der Waals surface area contributed by atoms with Gasteiger partial charge in [-0.05, 0) is 0 Å². The summed E-state index contributed by atoms with van der Waals surface area (Å²) in [4.78, 5) is 9.90. The maximum absolute atomic E-state index is 9.90. The average molecular weight is 240 g/mol. The summed E-state index contributed by atoms with van der Waals surface area (Å²) in [7, 11) is 0. The minimum Gasteiger partial charge on any atom is -0.394 e. The van der Waals surface area contributed by atoms with Gasteiger partial charge < -0.3 is 30.3 Å². The van der Waals surface area contributed by atoms with Crippen LogP contribution in [0, 0.1) is 0 Å². The van der Waals surface area contributed by atoms with Crippen molar-refractivity contribution in [3.63, 3.8) is 0 Å². The zero-order valence-electron chi connectivity index (χ0n) is 7.46. The Morgan fingerprint density at radius 1 is 0.933 bits per heavy atom. The molecule has 6 nitrogen and oxygen atoms in total. The molecular weight excluding hydrogens is 225 g/mol. The third-order valence-electron chi connectivity index (χ3n) is 1.42. The van der Waals surface area contributed by atoms with Gasteiger partial charge in [0.2, 0.25) is 0 Å². The van der Waals surface area contributed by atoms with Gasteiger partial charge in [0.15, 0.2) is 6.29 Å². The summed E-state index contributed by atoms with van der Waals surface area (Å²) in [6.45, 7) is -0.760. The Balaban J connectivity index is -0.000000202. The fraction of sp³-hybridized carbons (Fsp3) is 0.833. The van der Waals surface area contributed by atoms with Crippen LogP contribution in [-0.4, -0.2) is 62.8 Å². The summed E-state index contributed by atoms with van der Waals surface area (Å²) in [6, 6.07) is 0. The molecule has 0 saturated heterocycles.